The van der Waals surface area contributed by atoms with Crippen LogP contribution in [0.5, 0.6) is 0 Å². The third-order valence-electron chi connectivity index (χ3n) is 1.93. The highest BCUT2D eigenvalue weighted by Crippen LogP contribution is 2.28. The lowest BCUT2D eigenvalue weighted by Gasteiger charge is -2.06. The smallest absolute Gasteiger partial charge is 0.356 e. The fourth-order valence-electron chi connectivity index (χ4n) is 1.21. The van der Waals surface area contributed by atoms with Crippen LogP contribution >= 0.6 is 27.5 Å². The summed E-state index contributed by atoms with van der Waals surface area (Å²) in [5.41, 5.74) is 0.505. The Hall–Kier alpha value is -1.40. The molecule has 16 heavy (non-hydrogen) atoms. The highest BCUT2D eigenvalue weighted by molar-refractivity contribution is 9.10. The fraction of sp³-hybridized carbons (Fsp3) is 0. The Bertz CT molecular complexity index is 555. The number of carbonyl (C=O) groups is 1. The van der Waals surface area contributed by atoms with E-state index in [1.165, 1.54) is 10.9 Å². The molecule has 7 heteroatoms. The summed E-state index contributed by atoms with van der Waals surface area (Å²) in [6.07, 6.45) is 1.18. The van der Waals surface area contributed by atoms with Gasteiger partial charge in [-0.15, -0.1) is 5.10 Å². The molecule has 1 aromatic heterocycles. The van der Waals surface area contributed by atoms with Gasteiger partial charge >= 0.3 is 5.97 Å². The van der Waals surface area contributed by atoms with Crippen molar-refractivity contribution in [3.05, 3.63) is 39.6 Å². The number of carboxylic acids is 1. The molecule has 2 aromatic rings. The van der Waals surface area contributed by atoms with E-state index in [0.29, 0.717) is 15.2 Å². The van der Waals surface area contributed by atoms with Crippen molar-refractivity contribution in [2.24, 2.45) is 0 Å². The van der Waals surface area contributed by atoms with E-state index in [1.54, 1.807) is 18.2 Å². The molecule has 2 rings (SSSR count). The summed E-state index contributed by atoms with van der Waals surface area (Å²) in [6.45, 7) is 0. The molecule has 1 N–H and O–H groups in total. The van der Waals surface area contributed by atoms with Crippen molar-refractivity contribution in [3.8, 4) is 5.69 Å². The minimum absolute atomic E-state index is 0.0250. The minimum atomic E-state index is -1.10. The number of hydrogen-bond acceptors (Lipinski definition) is 3. The van der Waals surface area contributed by atoms with Crippen molar-refractivity contribution in [2.75, 3.05) is 0 Å². The summed E-state index contributed by atoms with van der Waals surface area (Å²) < 4.78 is 1.78. The summed E-state index contributed by atoms with van der Waals surface area (Å²) >= 11 is 9.18. The van der Waals surface area contributed by atoms with Crippen LogP contribution in [0.4, 0.5) is 0 Å². The number of hydrogen-bond donors (Lipinski definition) is 1. The Labute approximate surface area is 104 Å². The fourth-order valence-corrected chi connectivity index (χ4v) is 1.82. The van der Waals surface area contributed by atoms with E-state index >= 15 is 0 Å². The highest BCUT2D eigenvalue weighted by atomic mass is 79.9. The van der Waals surface area contributed by atoms with Crippen LogP contribution in [0.1, 0.15) is 10.5 Å². The summed E-state index contributed by atoms with van der Waals surface area (Å²) in [5.74, 6) is -1.10. The van der Waals surface area contributed by atoms with E-state index in [4.69, 9.17) is 16.7 Å². The van der Waals surface area contributed by atoms with Crippen LogP contribution in [0, 0.1) is 0 Å². The average Bonchev–Trinajstić information content (AvgIpc) is 2.70. The zero-order valence-electron chi connectivity index (χ0n) is 7.76. The molecule has 0 amide bonds. The molecule has 1 aromatic carbocycles. The lowest BCUT2D eigenvalue weighted by atomic mass is 10.3. The first kappa shape index (κ1) is 11.1. The molecular weight excluding hydrogens is 297 g/mol. The van der Waals surface area contributed by atoms with Gasteiger partial charge in [-0.25, -0.2) is 9.48 Å². The summed E-state index contributed by atoms with van der Waals surface area (Å²) in [4.78, 5) is 10.9. The molecule has 0 aliphatic heterocycles. The molecule has 0 fully saturated rings. The van der Waals surface area contributed by atoms with Gasteiger partial charge in [0.2, 0.25) is 0 Å². The molecule has 5 nitrogen and oxygen atoms in total. The van der Waals surface area contributed by atoms with Crippen molar-refractivity contribution >= 4 is 33.5 Å². The van der Waals surface area contributed by atoms with Crippen LogP contribution in [0.2, 0.25) is 5.02 Å². The van der Waals surface area contributed by atoms with E-state index in [-0.39, 0.29) is 5.69 Å². The number of nitrogens with zero attached hydrogens (tertiary/aromatic N) is 3. The molecule has 0 unspecified atom stereocenters. The number of benzene rings is 1. The maximum absolute atomic E-state index is 10.9. The Kier molecular flexibility index (Phi) is 2.93. The molecule has 0 aliphatic carbocycles. The van der Waals surface area contributed by atoms with Crippen molar-refractivity contribution in [2.45, 2.75) is 0 Å². The molecule has 82 valence electrons. The number of rotatable bonds is 2. The van der Waals surface area contributed by atoms with E-state index in [2.05, 4.69) is 26.2 Å². The van der Waals surface area contributed by atoms with Crippen molar-refractivity contribution < 1.29 is 9.90 Å². The van der Waals surface area contributed by atoms with Gasteiger partial charge in [0, 0.05) is 0 Å². The van der Waals surface area contributed by atoms with Gasteiger partial charge in [-0.3, -0.25) is 0 Å². The molecule has 0 atom stereocenters. The van der Waals surface area contributed by atoms with E-state index < -0.39 is 5.97 Å². The number of aromatic nitrogens is 3. The predicted octanol–water partition coefficient (Wildman–Crippen LogP) is 2.38. The largest absolute Gasteiger partial charge is 0.476 e. The van der Waals surface area contributed by atoms with Gasteiger partial charge in [-0.05, 0) is 28.1 Å². The first-order chi connectivity index (χ1) is 7.61. The number of carboxylic acid groups (broad SMARTS) is 1. The van der Waals surface area contributed by atoms with Crippen molar-refractivity contribution in [1.29, 1.82) is 0 Å². The van der Waals surface area contributed by atoms with Crippen molar-refractivity contribution in [1.82, 2.24) is 15.0 Å². The lowest BCUT2D eigenvalue weighted by molar-refractivity contribution is 0.0687. The summed E-state index contributed by atoms with van der Waals surface area (Å²) in [5, 5.41) is 16.7. The first-order valence-corrected chi connectivity index (χ1v) is 5.36. The van der Waals surface area contributed by atoms with Gasteiger partial charge in [0.15, 0.2) is 5.69 Å². The van der Waals surface area contributed by atoms with Crippen LogP contribution in [0.3, 0.4) is 0 Å². The van der Waals surface area contributed by atoms with E-state index in [9.17, 15) is 4.79 Å². The molecule has 0 radical (unpaired) electrons. The van der Waals surface area contributed by atoms with E-state index in [1.807, 2.05) is 0 Å². The van der Waals surface area contributed by atoms with Gasteiger partial charge < -0.3 is 5.11 Å². The average molecular weight is 303 g/mol. The van der Waals surface area contributed by atoms with Crippen LogP contribution in [-0.4, -0.2) is 26.1 Å². The Balaban J connectivity index is 2.63. The van der Waals surface area contributed by atoms with Gasteiger partial charge in [-0.2, -0.15) is 0 Å². The molecule has 1 heterocycles. The zero-order chi connectivity index (χ0) is 11.7. The van der Waals surface area contributed by atoms with E-state index in [0.717, 1.165) is 0 Å². The molecule has 0 saturated heterocycles. The predicted molar refractivity (Wildman–Crippen MR) is 61.0 cm³/mol. The van der Waals surface area contributed by atoms with Gasteiger partial charge in [-0.1, -0.05) is 22.9 Å². The van der Waals surface area contributed by atoms with Gasteiger partial charge in [0.1, 0.15) is 0 Å². The van der Waals surface area contributed by atoms with Gasteiger partial charge in [0.05, 0.1) is 21.4 Å². The zero-order valence-corrected chi connectivity index (χ0v) is 10.1. The second-order valence-corrected chi connectivity index (χ2v) is 4.11. The second-order valence-electron chi connectivity index (χ2n) is 2.91. The Morgan fingerprint density at radius 3 is 2.94 bits per heavy atom. The lowest BCUT2D eigenvalue weighted by Crippen LogP contribution is -2.08. The normalized spacial score (nSPS) is 10.4. The third-order valence-corrected chi connectivity index (χ3v) is 3.30. The van der Waals surface area contributed by atoms with Crippen LogP contribution < -0.4 is 0 Å². The van der Waals surface area contributed by atoms with Crippen molar-refractivity contribution in [3.63, 3.8) is 0 Å². The second kappa shape index (κ2) is 4.23. The molecule has 0 spiro atoms. The molecule has 0 bridgehead atoms. The molecule has 0 aliphatic rings. The number of aromatic carboxylic acids is 1. The number of halogens is 2. The first-order valence-electron chi connectivity index (χ1n) is 4.19. The maximum Gasteiger partial charge on any atom is 0.356 e. The topological polar surface area (TPSA) is 68.0 Å². The van der Waals surface area contributed by atoms with Crippen LogP contribution in [-0.2, 0) is 0 Å². The Morgan fingerprint density at radius 2 is 2.25 bits per heavy atom. The summed E-state index contributed by atoms with van der Waals surface area (Å²) in [6, 6.07) is 5.08. The van der Waals surface area contributed by atoms with Crippen LogP contribution in [0.15, 0.2) is 28.9 Å². The summed E-state index contributed by atoms with van der Waals surface area (Å²) in [7, 11) is 0. The van der Waals surface area contributed by atoms with Gasteiger partial charge in [0.25, 0.3) is 0 Å². The SMILES string of the molecule is O=C(O)c1cnnn1-c1cccc(Cl)c1Br. The van der Waals surface area contributed by atoms with Crippen LogP contribution in [0.25, 0.3) is 5.69 Å². The minimum Gasteiger partial charge on any atom is -0.476 e. The standard InChI is InChI=1S/C9H5BrClN3O2/c10-8-5(11)2-1-3-6(8)14-7(9(15)16)4-12-13-14/h1-4H,(H,15,16). The maximum atomic E-state index is 10.9. The molecule has 0 saturated carbocycles. The molecular formula is C9H5BrClN3O2. The quantitative estimate of drug-likeness (QED) is 0.925. The third kappa shape index (κ3) is 1.81. The monoisotopic (exact) mass is 301 g/mol. The Morgan fingerprint density at radius 1 is 1.50 bits per heavy atom. The highest BCUT2D eigenvalue weighted by Gasteiger charge is 2.15.